The first-order chi connectivity index (χ1) is 15.2. The van der Waals surface area contributed by atoms with Crippen LogP contribution in [-0.4, -0.2) is 6.88 Å². The predicted molar refractivity (Wildman–Crippen MR) is 144 cm³/mol. The van der Waals surface area contributed by atoms with Gasteiger partial charge in [-0.1, -0.05) is 106 Å². The van der Waals surface area contributed by atoms with E-state index >= 15 is 0 Å². The van der Waals surface area contributed by atoms with Crippen LogP contribution in [0.15, 0.2) is 54.6 Å². The SMILES string of the molecule is CC(C)(C)c1ccc2c(c1)[cH-]c1c(C3=CC=CC3)c(C(C)(C)C)ccc12.[CH2-]C.[CH2-]C.[Si]=[Zr]. The molecule has 3 aromatic carbocycles. The molecule has 0 saturated heterocycles. The fourth-order valence-corrected chi connectivity index (χ4v) is 4.16. The van der Waals surface area contributed by atoms with Crippen LogP contribution in [0.3, 0.4) is 0 Å². The van der Waals surface area contributed by atoms with E-state index in [9.17, 15) is 0 Å². The van der Waals surface area contributed by atoms with Crippen molar-refractivity contribution < 1.29 is 23.3 Å². The summed E-state index contributed by atoms with van der Waals surface area (Å²) < 4.78 is 0. The fraction of sp³-hybridized carbons (Fsp3) is 0.367. The third kappa shape index (κ3) is 6.27. The van der Waals surface area contributed by atoms with Crippen LogP contribution in [-0.2, 0) is 34.2 Å². The van der Waals surface area contributed by atoms with E-state index < -0.39 is 0 Å². The molecule has 0 bridgehead atoms. The molecule has 0 spiro atoms. The van der Waals surface area contributed by atoms with Gasteiger partial charge >= 0.3 is 30.2 Å². The second-order valence-corrected chi connectivity index (χ2v) is 9.72. The predicted octanol–water partition coefficient (Wildman–Crippen LogP) is 8.95. The van der Waals surface area contributed by atoms with Crippen LogP contribution in [0.25, 0.3) is 27.1 Å². The van der Waals surface area contributed by atoms with E-state index in [2.05, 4.69) is 117 Å². The van der Waals surface area contributed by atoms with Crippen LogP contribution in [0.4, 0.5) is 0 Å². The van der Waals surface area contributed by atoms with E-state index in [0.717, 1.165) is 6.42 Å². The summed E-state index contributed by atoms with van der Waals surface area (Å²) in [6.45, 7) is 26.9. The maximum absolute atomic E-state index is 3.25. The number of rotatable bonds is 1. The molecule has 170 valence electrons. The average molecular weight is 519 g/mol. The number of fused-ring (bicyclic) bond motifs is 3. The molecule has 0 saturated carbocycles. The van der Waals surface area contributed by atoms with Gasteiger partial charge in [-0.15, -0.1) is 33.7 Å². The van der Waals surface area contributed by atoms with Gasteiger partial charge in [-0.3, -0.25) is 0 Å². The maximum atomic E-state index is 3.25. The molecule has 0 aromatic heterocycles. The quantitative estimate of drug-likeness (QED) is 0.223. The molecule has 0 unspecified atom stereocenters. The van der Waals surface area contributed by atoms with Gasteiger partial charge < -0.3 is 13.8 Å². The first kappa shape index (κ1) is 28.9. The molecule has 32 heavy (non-hydrogen) atoms. The Kier molecular flexibility index (Phi) is 11.2. The van der Waals surface area contributed by atoms with Crippen molar-refractivity contribution in [1.29, 1.82) is 0 Å². The van der Waals surface area contributed by atoms with Crippen LogP contribution >= 0.6 is 0 Å². The van der Waals surface area contributed by atoms with E-state index in [4.69, 9.17) is 0 Å². The van der Waals surface area contributed by atoms with Crippen LogP contribution in [0.5, 0.6) is 0 Å². The molecule has 0 aliphatic heterocycles. The van der Waals surface area contributed by atoms with Crippen molar-refractivity contribution in [3.8, 4) is 0 Å². The van der Waals surface area contributed by atoms with E-state index in [1.54, 1.807) is 13.8 Å². The van der Waals surface area contributed by atoms with Gasteiger partial charge in [-0.25, -0.2) is 0 Å². The Bertz CT molecular complexity index is 1080. The Hall–Kier alpha value is -1.11. The molecular weight excluding hydrogens is 480 g/mol. The molecule has 0 N–H and O–H groups in total. The summed E-state index contributed by atoms with van der Waals surface area (Å²) in [6.07, 6.45) is 7.79. The first-order valence-corrected chi connectivity index (χ1v) is 15.5. The first-order valence-electron chi connectivity index (χ1n) is 11.4. The molecule has 3 aromatic rings. The Labute approximate surface area is 214 Å². The van der Waals surface area contributed by atoms with Crippen LogP contribution in [0.2, 0.25) is 0 Å². The summed E-state index contributed by atoms with van der Waals surface area (Å²) >= 11 is 1.36. The molecule has 1 aliphatic carbocycles. The summed E-state index contributed by atoms with van der Waals surface area (Å²) in [6, 6.07) is 14.1. The summed E-state index contributed by atoms with van der Waals surface area (Å²) in [5.41, 5.74) is 6.06. The summed E-state index contributed by atoms with van der Waals surface area (Å²) in [5, 5.41) is 5.54. The zero-order chi connectivity index (χ0) is 24.7. The van der Waals surface area contributed by atoms with Gasteiger partial charge in [0.25, 0.3) is 0 Å². The van der Waals surface area contributed by atoms with Gasteiger partial charge in [0, 0.05) is 0 Å². The summed E-state index contributed by atoms with van der Waals surface area (Å²) in [5.74, 6) is 0. The van der Waals surface area contributed by atoms with Gasteiger partial charge in [0.1, 0.15) is 0 Å². The number of hydrogen-bond acceptors (Lipinski definition) is 0. The van der Waals surface area contributed by atoms with Crippen LogP contribution in [0, 0.1) is 13.8 Å². The molecule has 4 rings (SSSR count). The molecule has 0 fully saturated rings. The minimum absolute atomic E-state index is 0.132. The summed E-state index contributed by atoms with van der Waals surface area (Å²) in [7, 11) is 0. The molecule has 1 aliphatic rings. The van der Waals surface area contributed by atoms with Crippen molar-refractivity contribution >= 4 is 34.0 Å². The van der Waals surface area contributed by atoms with E-state index in [1.807, 2.05) is 0 Å². The van der Waals surface area contributed by atoms with Crippen molar-refractivity contribution in [3.05, 3.63) is 85.2 Å². The van der Waals surface area contributed by atoms with Gasteiger partial charge in [0.2, 0.25) is 0 Å². The van der Waals surface area contributed by atoms with Gasteiger partial charge in [-0.2, -0.15) is 13.8 Å². The molecule has 0 amide bonds. The number of benzene rings is 2. The summed E-state index contributed by atoms with van der Waals surface area (Å²) in [4.78, 5) is 0. The topological polar surface area (TPSA) is 0 Å². The minimum atomic E-state index is 0.132. The van der Waals surface area contributed by atoms with Crippen LogP contribution < -0.4 is 0 Å². The number of allylic oxidation sites excluding steroid dienone is 4. The van der Waals surface area contributed by atoms with E-state index in [0.29, 0.717) is 0 Å². The third-order valence-electron chi connectivity index (χ3n) is 5.65. The van der Waals surface area contributed by atoms with E-state index in [1.165, 1.54) is 67.1 Å². The number of hydrogen-bond donors (Lipinski definition) is 0. The molecule has 0 atom stereocenters. The van der Waals surface area contributed by atoms with Crippen molar-refractivity contribution in [1.82, 2.24) is 0 Å². The molecule has 0 heterocycles. The Morgan fingerprint density at radius 2 is 1.44 bits per heavy atom. The third-order valence-corrected chi connectivity index (χ3v) is 5.65. The van der Waals surface area contributed by atoms with Crippen molar-refractivity contribution in [2.24, 2.45) is 0 Å². The fourth-order valence-electron chi connectivity index (χ4n) is 4.16. The normalized spacial score (nSPS) is 12.8. The molecule has 2 heteroatoms. The Morgan fingerprint density at radius 1 is 0.844 bits per heavy atom. The monoisotopic (exact) mass is 517 g/mol. The van der Waals surface area contributed by atoms with Crippen molar-refractivity contribution in [2.75, 3.05) is 0 Å². The Balaban J connectivity index is 0.000000789. The van der Waals surface area contributed by atoms with Gasteiger partial charge in [0.05, 0.1) is 0 Å². The van der Waals surface area contributed by atoms with Crippen molar-refractivity contribution in [3.63, 3.8) is 0 Å². The Morgan fingerprint density at radius 3 is 1.94 bits per heavy atom. The standard InChI is InChI=1S/C26H29.2C2H5.Si.Zr/c1-25(2,3)19-11-12-20-18(15-19)16-22-21(20)13-14-23(26(4,5)6)24(22)17-9-7-8-10-17;2*1-2;;/h7-9,11-16H,10H2,1-6H3;2*1H2,2H3;;/q3*-1;;. The van der Waals surface area contributed by atoms with Crippen LogP contribution in [0.1, 0.15) is 78.5 Å². The second-order valence-electron chi connectivity index (χ2n) is 9.72. The second kappa shape index (κ2) is 12.4. The van der Waals surface area contributed by atoms with Gasteiger partial charge in [-0.05, 0) is 17.3 Å². The molecule has 0 nitrogen and oxygen atoms in total. The molecule has 2 radical (unpaired) electrons. The van der Waals surface area contributed by atoms with E-state index in [-0.39, 0.29) is 10.8 Å². The zero-order valence-corrected chi connectivity index (χ0v) is 24.8. The average Bonchev–Trinajstić information content (AvgIpc) is 3.43. The van der Waals surface area contributed by atoms with Crippen molar-refractivity contribution in [2.45, 2.75) is 72.6 Å². The molecular formula is C30H39SiZr-3. The zero-order valence-electron chi connectivity index (χ0n) is 21.3. The van der Waals surface area contributed by atoms with Gasteiger partial charge in [0.15, 0.2) is 0 Å².